The standard InChI is InChI=1S/C16H21IN2O2/c17-13-7-5-12(6-8-13)9-14(16(18)21)19-15(20)10-11-3-1-2-4-11/h5-8,11,14H,1-4,9-10H2,(H2,18,21)(H,19,20)/t14-/m1/s1. The van der Waals surface area contributed by atoms with Crippen molar-refractivity contribution in [3.63, 3.8) is 0 Å². The van der Waals surface area contributed by atoms with Gasteiger partial charge in [-0.05, 0) is 59.0 Å². The van der Waals surface area contributed by atoms with Gasteiger partial charge in [-0.1, -0.05) is 25.0 Å². The van der Waals surface area contributed by atoms with Crippen LogP contribution in [0.15, 0.2) is 24.3 Å². The topological polar surface area (TPSA) is 72.2 Å². The Bertz CT molecular complexity index is 496. The minimum absolute atomic E-state index is 0.0591. The molecule has 114 valence electrons. The number of carbonyl (C=O) groups excluding carboxylic acids is 2. The molecule has 2 rings (SSSR count). The van der Waals surface area contributed by atoms with Gasteiger partial charge in [0.05, 0.1) is 0 Å². The van der Waals surface area contributed by atoms with E-state index in [2.05, 4.69) is 27.9 Å². The number of hydrogen-bond donors (Lipinski definition) is 2. The molecule has 0 saturated heterocycles. The molecule has 1 aromatic rings. The maximum Gasteiger partial charge on any atom is 0.240 e. The van der Waals surface area contributed by atoms with E-state index in [4.69, 9.17) is 5.73 Å². The van der Waals surface area contributed by atoms with Gasteiger partial charge in [-0.25, -0.2) is 0 Å². The molecule has 0 aliphatic heterocycles. The molecule has 1 saturated carbocycles. The molecule has 3 N–H and O–H groups in total. The zero-order valence-electron chi connectivity index (χ0n) is 12.0. The fraction of sp³-hybridized carbons (Fsp3) is 0.500. The van der Waals surface area contributed by atoms with Gasteiger partial charge in [0.1, 0.15) is 6.04 Å². The summed E-state index contributed by atoms with van der Waals surface area (Å²) in [5.74, 6) is -0.0682. The fourth-order valence-corrected chi connectivity index (χ4v) is 3.17. The SMILES string of the molecule is NC(=O)[C@@H](Cc1ccc(I)cc1)NC(=O)CC1CCCC1. The van der Waals surface area contributed by atoms with E-state index >= 15 is 0 Å². The first-order valence-corrected chi connectivity index (χ1v) is 8.45. The van der Waals surface area contributed by atoms with E-state index in [1.165, 1.54) is 12.8 Å². The van der Waals surface area contributed by atoms with Crippen LogP contribution in [0.2, 0.25) is 0 Å². The van der Waals surface area contributed by atoms with Crippen LogP contribution >= 0.6 is 22.6 Å². The Morgan fingerprint density at radius 3 is 2.43 bits per heavy atom. The van der Waals surface area contributed by atoms with E-state index in [1.807, 2.05) is 24.3 Å². The molecule has 1 fully saturated rings. The van der Waals surface area contributed by atoms with Crippen molar-refractivity contribution in [1.29, 1.82) is 0 Å². The van der Waals surface area contributed by atoms with Crippen molar-refractivity contribution < 1.29 is 9.59 Å². The molecule has 0 spiro atoms. The minimum Gasteiger partial charge on any atom is -0.368 e. The number of benzene rings is 1. The molecular formula is C16H21IN2O2. The highest BCUT2D eigenvalue weighted by atomic mass is 127. The Labute approximate surface area is 139 Å². The van der Waals surface area contributed by atoms with Crippen LogP contribution in [0.1, 0.15) is 37.7 Å². The fourth-order valence-electron chi connectivity index (χ4n) is 2.81. The normalized spacial score (nSPS) is 16.6. The molecule has 1 atom stereocenters. The predicted octanol–water partition coefficient (Wildman–Crippen LogP) is 2.38. The molecule has 4 nitrogen and oxygen atoms in total. The van der Waals surface area contributed by atoms with Crippen LogP contribution in [-0.4, -0.2) is 17.9 Å². The number of carbonyl (C=O) groups is 2. The van der Waals surface area contributed by atoms with Crippen LogP contribution in [0.3, 0.4) is 0 Å². The average molecular weight is 400 g/mol. The molecule has 0 radical (unpaired) electrons. The third-order valence-corrected chi connectivity index (χ3v) is 4.70. The number of nitrogens with one attached hydrogen (secondary N) is 1. The van der Waals surface area contributed by atoms with Gasteiger partial charge >= 0.3 is 0 Å². The van der Waals surface area contributed by atoms with E-state index in [9.17, 15) is 9.59 Å². The Morgan fingerprint density at radius 2 is 1.86 bits per heavy atom. The smallest absolute Gasteiger partial charge is 0.240 e. The van der Waals surface area contributed by atoms with Gasteiger partial charge < -0.3 is 11.1 Å². The lowest BCUT2D eigenvalue weighted by Crippen LogP contribution is -2.46. The third kappa shape index (κ3) is 5.30. The van der Waals surface area contributed by atoms with Crippen LogP contribution in [-0.2, 0) is 16.0 Å². The van der Waals surface area contributed by atoms with Gasteiger partial charge in [0.15, 0.2) is 0 Å². The first-order valence-electron chi connectivity index (χ1n) is 7.37. The van der Waals surface area contributed by atoms with E-state index < -0.39 is 11.9 Å². The molecule has 0 unspecified atom stereocenters. The van der Waals surface area contributed by atoms with Gasteiger partial charge in [-0.3, -0.25) is 9.59 Å². The zero-order valence-corrected chi connectivity index (χ0v) is 14.1. The lowest BCUT2D eigenvalue weighted by molar-refractivity contribution is -0.127. The number of rotatable bonds is 6. The Morgan fingerprint density at radius 1 is 1.24 bits per heavy atom. The molecule has 1 aromatic carbocycles. The lowest BCUT2D eigenvalue weighted by Gasteiger charge is -2.17. The van der Waals surface area contributed by atoms with Crippen molar-refractivity contribution in [3.8, 4) is 0 Å². The zero-order chi connectivity index (χ0) is 15.2. The second-order valence-electron chi connectivity index (χ2n) is 5.71. The summed E-state index contributed by atoms with van der Waals surface area (Å²) >= 11 is 2.23. The van der Waals surface area contributed by atoms with Crippen molar-refractivity contribution in [2.75, 3.05) is 0 Å². The summed E-state index contributed by atoms with van der Waals surface area (Å²) in [4.78, 5) is 23.6. The molecule has 1 aliphatic rings. The van der Waals surface area contributed by atoms with Crippen molar-refractivity contribution in [2.24, 2.45) is 11.7 Å². The highest BCUT2D eigenvalue weighted by molar-refractivity contribution is 14.1. The first-order chi connectivity index (χ1) is 10.0. The van der Waals surface area contributed by atoms with Crippen molar-refractivity contribution in [2.45, 2.75) is 44.6 Å². The molecule has 1 aliphatic carbocycles. The highest BCUT2D eigenvalue weighted by Gasteiger charge is 2.22. The van der Waals surface area contributed by atoms with Gasteiger partial charge in [-0.2, -0.15) is 0 Å². The number of amides is 2. The average Bonchev–Trinajstić information content (AvgIpc) is 2.93. The van der Waals surface area contributed by atoms with Crippen LogP contribution < -0.4 is 11.1 Å². The highest BCUT2D eigenvalue weighted by Crippen LogP contribution is 2.27. The number of hydrogen-bond acceptors (Lipinski definition) is 2. The van der Waals surface area contributed by atoms with Crippen molar-refractivity contribution >= 4 is 34.4 Å². The summed E-state index contributed by atoms with van der Waals surface area (Å²) in [5.41, 5.74) is 6.42. The van der Waals surface area contributed by atoms with E-state index in [1.54, 1.807) is 0 Å². The molecule has 2 amide bonds. The number of halogens is 1. The first kappa shape index (κ1) is 16.3. The van der Waals surface area contributed by atoms with Gasteiger partial charge in [0.25, 0.3) is 0 Å². The van der Waals surface area contributed by atoms with Gasteiger partial charge in [-0.15, -0.1) is 0 Å². The van der Waals surface area contributed by atoms with Gasteiger partial charge in [0, 0.05) is 16.4 Å². The number of primary amides is 1. The summed E-state index contributed by atoms with van der Waals surface area (Å²) in [6.45, 7) is 0. The van der Waals surface area contributed by atoms with Crippen LogP contribution in [0.25, 0.3) is 0 Å². The molecule has 5 heteroatoms. The molecule has 0 heterocycles. The van der Waals surface area contributed by atoms with E-state index in [-0.39, 0.29) is 5.91 Å². The maximum atomic E-state index is 12.0. The maximum absolute atomic E-state index is 12.0. The van der Waals surface area contributed by atoms with E-state index in [0.717, 1.165) is 22.0 Å². The van der Waals surface area contributed by atoms with Gasteiger partial charge in [0.2, 0.25) is 11.8 Å². The molecule has 0 bridgehead atoms. The number of nitrogens with two attached hydrogens (primary N) is 1. The third-order valence-electron chi connectivity index (χ3n) is 3.98. The summed E-state index contributed by atoms with van der Waals surface area (Å²) in [6.07, 6.45) is 5.61. The second kappa shape index (κ2) is 7.77. The Kier molecular flexibility index (Phi) is 6.02. The Hall–Kier alpha value is -1.11. The lowest BCUT2D eigenvalue weighted by atomic mass is 10.0. The predicted molar refractivity (Wildman–Crippen MR) is 90.6 cm³/mol. The van der Waals surface area contributed by atoms with Crippen molar-refractivity contribution in [1.82, 2.24) is 5.32 Å². The summed E-state index contributed by atoms with van der Waals surface area (Å²) in [7, 11) is 0. The second-order valence-corrected chi connectivity index (χ2v) is 6.95. The largest absolute Gasteiger partial charge is 0.368 e. The Balaban J connectivity index is 1.90. The quantitative estimate of drug-likeness (QED) is 0.720. The van der Waals surface area contributed by atoms with Crippen LogP contribution in [0, 0.1) is 9.49 Å². The summed E-state index contributed by atoms with van der Waals surface area (Å²) in [5, 5.41) is 2.79. The van der Waals surface area contributed by atoms with Crippen LogP contribution in [0.5, 0.6) is 0 Å². The monoisotopic (exact) mass is 400 g/mol. The molecule has 21 heavy (non-hydrogen) atoms. The molecular weight excluding hydrogens is 379 g/mol. The summed E-state index contributed by atoms with van der Waals surface area (Å²) in [6, 6.07) is 7.25. The van der Waals surface area contributed by atoms with E-state index in [0.29, 0.717) is 18.8 Å². The molecule has 0 aromatic heterocycles. The van der Waals surface area contributed by atoms with Crippen LogP contribution in [0.4, 0.5) is 0 Å². The minimum atomic E-state index is -0.626. The summed E-state index contributed by atoms with van der Waals surface area (Å²) < 4.78 is 1.14. The van der Waals surface area contributed by atoms with Crippen molar-refractivity contribution in [3.05, 3.63) is 33.4 Å².